The summed E-state index contributed by atoms with van der Waals surface area (Å²) >= 11 is 0. The highest BCUT2D eigenvalue weighted by atomic mass is 17.2. The zero-order chi connectivity index (χ0) is 15.1. The quantitative estimate of drug-likeness (QED) is 0.231. The Labute approximate surface area is 110 Å². The Bertz CT molecular complexity index is 536. The van der Waals surface area contributed by atoms with Crippen LogP contribution in [0.4, 0.5) is 0 Å². The molecule has 2 rings (SSSR count). The third-order valence-corrected chi connectivity index (χ3v) is 2.92. The standard InChI is InChI=1S/C10H8O10/c11-3-6(14)19-20-8(16)10-4(12)1-9(17,7(10)15)2-5(13)18-10/h11,17H,1-3H2. The number of esters is 1. The van der Waals surface area contributed by atoms with Gasteiger partial charge < -0.3 is 14.9 Å². The van der Waals surface area contributed by atoms with Crippen molar-refractivity contribution in [3.63, 3.8) is 0 Å². The van der Waals surface area contributed by atoms with Crippen molar-refractivity contribution in [2.45, 2.75) is 24.0 Å². The lowest BCUT2D eigenvalue weighted by Gasteiger charge is -2.29. The molecule has 2 aliphatic rings. The molecule has 10 heteroatoms. The van der Waals surface area contributed by atoms with Crippen molar-refractivity contribution in [1.82, 2.24) is 0 Å². The van der Waals surface area contributed by atoms with E-state index >= 15 is 0 Å². The van der Waals surface area contributed by atoms with Gasteiger partial charge in [0.2, 0.25) is 5.78 Å². The molecule has 108 valence electrons. The largest absolute Gasteiger partial charge is 0.430 e. The summed E-state index contributed by atoms with van der Waals surface area (Å²) in [6.07, 6.45) is -1.55. The molecule has 20 heavy (non-hydrogen) atoms. The zero-order valence-corrected chi connectivity index (χ0v) is 9.78. The highest BCUT2D eigenvalue weighted by molar-refractivity contribution is 6.35. The molecule has 0 aromatic heterocycles. The fourth-order valence-electron chi connectivity index (χ4n) is 2.03. The smallest absolute Gasteiger partial charge is 0.414 e. The monoisotopic (exact) mass is 288 g/mol. The van der Waals surface area contributed by atoms with Crippen LogP contribution < -0.4 is 0 Å². The van der Waals surface area contributed by atoms with Crippen LogP contribution in [0.1, 0.15) is 12.8 Å². The van der Waals surface area contributed by atoms with Crippen LogP contribution in [0.5, 0.6) is 0 Å². The molecule has 2 unspecified atom stereocenters. The van der Waals surface area contributed by atoms with Crippen molar-refractivity contribution < 1.29 is 48.7 Å². The van der Waals surface area contributed by atoms with Crippen molar-refractivity contribution in [2.24, 2.45) is 0 Å². The molecule has 1 heterocycles. The molecular weight excluding hydrogens is 280 g/mol. The summed E-state index contributed by atoms with van der Waals surface area (Å²) in [4.78, 5) is 65.0. The third-order valence-electron chi connectivity index (χ3n) is 2.92. The van der Waals surface area contributed by atoms with E-state index in [1.807, 2.05) is 0 Å². The van der Waals surface area contributed by atoms with Crippen LogP contribution in [-0.2, 0) is 38.5 Å². The molecular formula is C10H8O10. The van der Waals surface area contributed by atoms with Gasteiger partial charge in [-0.15, -0.1) is 0 Å². The molecule has 2 fully saturated rings. The SMILES string of the molecule is O=C(CO)OOC(=O)C12OC(=O)CC(O)(CC1=O)C2=O. The van der Waals surface area contributed by atoms with Gasteiger partial charge in [0.1, 0.15) is 12.2 Å². The van der Waals surface area contributed by atoms with Gasteiger partial charge in [-0.05, 0) is 0 Å². The number of Topliss-reactive ketones (excluding diaryl/α,β-unsaturated/α-hetero) is 2. The number of rotatable bonds is 2. The second-order valence-corrected chi connectivity index (χ2v) is 4.28. The van der Waals surface area contributed by atoms with Crippen LogP contribution in [0.3, 0.4) is 0 Å². The Morgan fingerprint density at radius 1 is 1.20 bits per heavy atom. The lowest BCUT2D eigenvalue weighted by molar-refractivity contribution is -0.271. The van der Waals surface area contributed by atoms with Gasteiger partial charge in [0, 0.05) is 6.42 Å². The van der Waals surface area contributed by atoms with Crippen molar-refractivity contribution in [2.75, 3.05) is 6.61 Å². The van der Waals surface area contributed by atoms with Crippen LogP contribution in [0.15, 0.2) is 0 Å². The maximum Gasteiger partial charge on any atom is 0.414 e. The van der Waals surface area contributed by atoms with E-state index in [-0.39, 0.29) is 0 Å². The van der Waals surface area contributed by atoms with E-state index in [0.717, 1.165) is 0 Å². The number of carbonyl (C=O) groups is 5. The molecule has 10 nitrogen and oxygen atoms in total. The van der Waals surface area contributed by atoms with Crippen LogP contribution in [-0.4, -0.2) is 57.5 Å². The van der Waals surface area contributed by atoms with Gasteiger partial charge in [-0.2, -0.15) is 0 Å². The number of ketones is 2. The Morgan fingerprint density at radius 3 is 2.45 bits per heavy atom. The number of ether oxygens (including phenoxy) is 1. The van der Waals surface area contributed by atoms with Gasteiger partial charge in [-0.1, -0.05) is 0 Å². The first-order valence-corrected chi connectivity index (χ1v) is 5.31. The number of fused-ring (bicyclic) bond motifs is 2. The van der Waals surface area contributed by atoms with E-state index in [9.17, 15) is 29.1 Å². The number of carbonyl (C=O) groups excluding carboxylic acids is 5. The molecule has 2 N–H and O–H groups in total. The summed E-state index contributed by atoms with van der Waals surface area (Å²) in [5, 5.41) is 18.2. The van der Waals surface area contributed by atoms with Gasteiger partial charge in [0.25, 0.3) is 0 Å². The summed E-state index contributed by atoms with van der Waals surface area (Å²) in [7, 11) is 0. The molecule has 2 atom stereocenters. The average molecular weight is 288 g/mol. The molecule has 1 aliphatic carbocycles. The predicted octanol–water partition coefficient (Wildman–Crippen LogP) is -3.06. The van der Waals surface area contributed by atoms with Gasteiger partial charge in [-0.25, -0.2) is 19.4 Å². The van der Waals surface area contributed by atoms with Gasteiger partial charge >= 0.3 is 23.5 Å². The summed E-state index contributed by atoms with van der Waals surface area (Å²) in [5.41, 5.74) is -5.29. The molecule has 0 amide bonds. The molecule has 0 spiro atoms. The Kier molecular flexibility index (Phi) is 3.07. The maximum atomic E-state index is 11.9. The molecule has 1 saturated heterocycles. The lowest BCUT2D eigenvalue weighted by atomic mass is 9.89. The first-order chi connectivity index (χ1) is 9.26. The van der Waals surface area contributed by atoms with Gasteiger partial charge in [-0.3, -0.25) is 14.4 Å². The highest BCUT2D eigenvalue weighted by Gasteiger charge is 2.74. The maximum absolute atomic E-state index is 11.9. The summed E-state index contributed by atoms with van der Waals surface area (Å²) in [6.45, 7) is -1.12. The zero-order valence-electron chi connectivity index (χ0n) is 9.78. The first kappa shape index (κ1) is 14.1. The van der Waals surface area contributed by atoms with Gasteiger partial charge in [0.15, 0.2) is 5.78 Å². The normalized spacial score (nSPS) is 31.8. The van der Waals surface area contributed by atoms with Crippen LogP contribution in [0.2, 0.25) is 0 Å². The number of aliphatic hydroxyl groups excluding tert-OH is 1. The van der Waals surface area contributed by atoms with Crippen molar-refractivity contribution >= 4 is 29.5 Å². The van der Waals surface area contributed by atoms with E-state index in [1.54, 1.807) is 0 Å². The number of aliphatic hydroxyl groups is 2. The second-order valence-electron chi connectivity index (χ2n) is 4.28. The predicted molar refractivity (Wildman–Crippen MR) is 52.3 cm³/mol. The lowest BCUT2D eigenvalue weighted by Crippen LogP contribution is -2.60. The summed E-state index contributed by atoms with van der Waals surface area (Å²) in [6, 6.07) is 0. The highest BCUT2D eigenvalue weighted by Crippen LogP contribution is 2.41. The minimum absolute atomic E-state index is 0.761. The van der Waals surface area contributed by atoms with E-state index in [2.05, 4.69) is 14.5 Å². The van der Waals surface area contributed by atoms with Crippen molar-refractivity contribution in [1.29, 1.82) is 0 Å². The van der Waals surface area contributed by atoms with E-state index in [4.69, 9.17) is 5.11 Å². The first-order valence-electron chi connectivity index (χ1n) is 5.31. The Balaban J connectivity index is 2.29. The molecule has 0 radical (unpaired) electrons. The Morgan fingerprint density at radius 2 is 1.85 bits per heavy atom. The number of hydrogen-bond donors (Lipinski definition) is 2. The van der Waals surface area contributed by atoms with Crippen LogP contribution in [0.25, 0.3) is 0 Å². The fraction of sp³-hybridized carbons (Fsp3) is 0.500. The molecule has 1 aliphatic heterocycles. The van der Waals surface area contributed by atoms with Gasteiger partial charge in [0.05, 0.1) is 6.42 Å². The third kappa shape index (κ3) is 1.77. The topological polar surface area (TPSA) is 154 Å². The van der Waals surface area contributed by atoms with Crippen molar-refractivity contribution in [3.05, 3.63) is 0 Å². The van der Waals surface area contributed by atoms with E-state index in [0.29, 0.717) is 0 Å². The average Bonchev–Trinajstić information content (AvgIpc) is 2.50. The van der Waals surface area contributed by atoms with Crippen LogP contribution in [0, 0.1) is 0 Å². The molecule has 2 bridgehead atoms. The second kappa shape index (κ2) is 4.35. The minimum Gasteiger partial charge on any atom is -0.430 e. The summed E-state index contributed by atoms with van der Waals surface area (Å²) in [5.74, 6) is -6.81. The van der Waals surface area contributed by atoms with Crippen molar-refractivity contribution in [3.8, 4) is 0 Å². The van der Waals surface area contributed by atoms with E-state index < -0.39 is 60.1 Å². The summed E-state index contributed by atoms with van der Waals surface area (Å²) < 4.78 is 4.46. The minimum atomic E-state index is -2.96. The van der Waals surface area contributed by atoms with E-state index in [1.165, 1.54) is 0 Å². The number of hydrogen-bond acceptors (Lipinski definition) is 10. The molecule has 0 aromatic rings. The van der Waals surface area contributed by atoms with Crippen LogP contribution >= 0.6 is 0 Å². The fourth-order valence-corrected chi connectivity index (χ4v) is 2.03. The molecule has 1 saturated carbocycles. The molecule has 0 aromatic carbocycles. The Hall–Kier alpha value is -2.33.